The molecular formula is C18H24N6O. The molecule has 3 rings (SSSR count). The predicted octanol–water partition coefficient (Wildman–Crippen LogP) is 2.54. The molecule has 1 saturated heterocycles. The van der Waals surface area contributed by atoms with E-state index < -0.39 is 0 Å². The second kappa shape index (κ2) is 7.60. The lowest BCUT2D eigenvalue weighted by atomic mass is 10.0. The van der Waals surface area contributed by atoms with E-state index >= 15 is 0 Å². The van der Waals surface area contributed by atoms with E-state index in [1.54, 1.807) is 6.33 Å². The molecular weight excluding hydrogens is 316 g/mol. The monoisotopic (exact) mass is 340 g/mol. The van der Waals surface area contributed by atoms with Gasteiger partial charge in [-0.05, 0) is 19.8 Å². The highest BCUT2D eigenvalue weighted by Gasteiger charge is 2.39. The van der Waals surface area contributed by atoms with E-state index in [1.165, 1.54) is 0 Å². The zero-order chi connectivity index (χ0) is 17.7. The minimum absolute atomic E-state index is 0.189. The summed E-state index contributed by atoms with van der Waals surface area (Å²) < 4.78 is 0. The number of nitrogens with zero attached hydrogens (tertiary/aromatic N) is 5. The largest absolute Gasteiger partial charge is 0.367 e. The van der Waals surface area contributed by atoms with Crippen molar-refractivity contribution in [1.29, 1.82) is 0 Å². The molecule has 0 spiro atoms. The highest BCUT2D eigenvalue weighted by Crippen LogP contribution is 2.37. The van der Waals surface area contributed by atoms with Crippen LogP contribution in [0.5, 0.6) is 0 Å². The molecule has 7 nitrogen and oxygen atoms in total. The van der Waals surface area contributed by atoms with E-state index in [9.17, 15) is 4.79 Å². The topological polar surface area (TPSA) is 82.8 Å². The smallest absolute Gasteiger partial charge is 0.222 e. The van der Waals surface area contributed by atoms with Gasteiger partial charge in [0.2, 0.25) is 5.91 Å². The first-order chi connectivity index (χ1) is 12.1. The van der Waals surface area contributed by atoms with Gasteiger partial charge in [-0.25, -0.2) is 9.97 Å². The molecule has 132 valence electrons. The molecule has 1 fully saturated rings. The number of aryl methyl sites for hydroxylation is 1. The van der Waals surface area contributed by atoms with Gasteiger partial charge in [-0.3, -0.25) is 4.79 Å². The van der Waals surface area contributed by atoms with E-state index in [1.807, 2.05) is 17.9 Å². The number of hydrogen-bond donors (Lipinski definition) is 1. The minimum Gasteiger partial charge on any atom is -0.367 e. The van der Waals surface area contributed by atoms with Crippen molar-refractivity contribution in [1.82, 2.24) is 14.9 Å². The summed E-state index contributed by atoms with van der Waals surface area (Å²) in [5, 5.41) is 11.6. The number of piperidine rings is 1. The summed E-state index contributed by atoms with van der Waals surface area (Å²) in [6.07, 6.45) is 11.3. The number of hydrogen-bond acceptors (Lipinski definition) is 6. The van der Waals surface area contributed by atoms with Crippen LogP contribution in [0.1, 0.15) is 44.2 Å². The van der Waals surface area contributed by atoms with Crippen LogP contribution >= 0.6 is 0 Å². The zero-order valence-corrected chi connectivity index (χ0v) is 14.6. The lowest BCUT2D eigenvalue weighted by molar-refractivity contribution is -0.132. The molecule has 7 heteroatoms. The SMILES string of the molecule is C#CCCC1(CCC(=O)N2CCC(Nc3cc(C)ncn3)CC2)N=N1. The van der Waals surface area contributed by atoms with Crippen LogP contribution in [0.4, 0.5) is 5.82 Å². The number of terminal acetylenes is 1. The Balaban J connectivity index is 1.40. The molecule has 0 saturated carbocycles. The summed E-state index contributed by atoms with van der Waals surface area (Å²) in [7, 11) is 0. The summed E-state index contributed by atoms with van der Waals surface area (Å²) in [6, 6.07) is 2.28. The highest BCUT2D eigenvalue weighted by atomic mass is 16.2. The van der Waals surface area contributed by atoms with Crippen molar-refractivity contribution in [3.05, 3.63) is 18.1 Å². The van der Waals surface area contributed by atoms with Gasteiger partial charge in [-0.1, -0.05) is 0 Å². The number of rotatable bonds is 7. The Morgan fingerprint density at radius 1 is 1.36 bits per heavy atom. The average molecular weight is 340 g/mol. The Morgan fingerprint density at radius 3 is 2.76 bits per heavy atom. The Kier molecular flexibility index (Phi) is 5.27. The van der Waals surface area contributed by atoms with E-state index in [2.05, 4.69) is 31.4 Å². The number of carbonyl (C=O) groups is 1. The average Bonchev–Trinajstić information content (AvgIpc) is 3.39. The van der Waals surface area contributed by atoms with Crippen molar-refractivity contribution >= 4 is 11.7 Å². The Labute approximate surface area is 148 Å². The van der Waals surface area contributed by atoms with Crippen LogP contribution in [0.2, 0.25) is 0 Å². The summed E-state index contributed by atoms with van der Waals surface area (Å²) in [5.41, 5.74) is 0.576. The van der Waals surface area contributed by atoms with Crippen LogP contribution in [0.15, 0.2) is 22.6 Å². The first-order valence-electron chi connectivity index (χ1n) is 8.81. The van der Waals surface area contributed by atoms with Crippen molar-refractivity contribution < 1.29 is 4.79 Å². The van der Waals surface area contributed by atoms with Gasteiger partial charge in [0.1, 0.15) is 12.1 Å². The van der Waals surface area contributed by atoms with Gasteiger partial charge in [0.15, 0.2) is 5.66 Å². The molecule has 0 unspecified atom stereocenters. The number of amides is 1. The number of carbonyl (C=O) groups excluding carboxylic acids is 1. The quantitative estimate of drug-likeness (QED) is 0.773. The van der Waals surface area contributed by atoms with Crippen LogP contribution in [-0.4, -0.2) is 45.6 Å². The molecule has 0 bridgehead atoms. The molecule has 3 heterocycles. The minimum atomic E-state index is -0.368. The second-order valence-corrected chi connectivity index (χ2v) is 6.73. The van der Waals surface area contributed by atoms with Gasteiger partial charge in [0, 0.05) is 56.6 Å². The molecule has 0 aliphatic carbocycles. The molecule has 2 aliphatic rings. The fourth-order valence-electron chi connectivity index (χ4n) is 3.15. The van der Waals surface area contributed by atoms with Gasteiger partial charge >= 0.3 is 0 Å². The van der Waals surface area contributed by atoms with Crippen molar-refractivity contribution in [3.8, 4) is 12.3 Å². The van der Waals surface area contributed by atoms with Crippen molar-refractivity contribution in [2.45, 2.75) is 57.2 Å². The Bertz CT molecular complexity index is 681. The van der Waals surface area contributed by atoms with Crippen molar-refractivity contribution in [2.75, 3.05) is 18.4 Å². The Morgan fingerprint density at radius 2 is 2.12 bits per heavy atom. The van der Waals surface area contributed by atoms with Crippen LogP contribution < -0.4 is 5.32 Å². The highest BCUT2D eigenvalue weighted by molar-refractivity contribution is 5.76. The van der Waals surface area contributed by atoms with E-state index in [0.717, 1.165) is 43.9 Å². The van der Waals surface area contributed by atoms with Crippen LogP contribution in [0.3, 0.4) is 0 Å². The van der Waals surface area contributed by atoms with Gasteiger partial charge in [0.05, 0.1) is 0 Å². The summed E-state index contributed by atoms with van der Waals surface area (Å²) in [6.45, 7) is 3.49. The summed E-state index contributed by atoms with van der Waals surface area (Å²) in [5.74, 6) is 3.65. The van der Waals surface area contributed by atoms with Crippen molar-refractivity contribution in [3.63, 3.8) is 0 Å². The maximum atomic E-state index is 12.4. The normalized spacial score (nSPS) is 18.6. The van der Waals surface area contributed by atoms with Gasteiger partial charge < -0.3 is 10.2 Å². The molecule has 0 atom stereocenters. The van der Waals surface area contributed by atoms with Crippen LogP contribution in [0, 0.1) is 19.3 Å². The van der Waals surface area contributed by atoms with Crippen LogP contribution in [-0.2, 0) is 4.79 Å². The van der Waals surface area contributed by atoms with Gasteiger partial charge in [-0.2, -0.15) is 10.2 Å². The molecule has 1 aromatic heterocycles. The molecule has 25 heavy (non-hydrogen) atoms. The number of anilines is 1. The van der Waals surface area contributed by atoms with Crippen molar-refractivity contribution in [2.24, 2.45) is 10.2 Å². The summed E-state index contributed by atoms with van der Waals surface area (Å²) in [4.78, 5) is 22.7. The molecule has 1 amide bonds. The zero-order valence-electron chi connectivity index (χ0n) is 14.6. The first kappa shape index (κ1) is 17.3. The molecule has 1 N–H and O–H groups in total. The molecule has 1 aromatic rings. The lowest BCUT2D eigenvalue weighted by Crippen LogP contribution is -2.42. The summed E-state index contributed by atoms with van der Waals surface area (Å²) >= 11 is 0. The van der Waals surface area contributed by atoms with Gasteiger partial charge in [-0.15, -0.1) is 12.3 Å². The maximum absolute atomic E-state index is 12.4. The van der Waals surface area contributed by atoms with Crippen LogP contribution in [0.25, 0.3) is 0 Å². The fraction of sp³-hybridized carbons (Fsp3) is 0.611. The number of aromatic nitrogens is 2. The molecule has 0 aromatic carbocycles. The Hall–Kier alpha value is -2.49. The van der Waals surface area contributed by atoms with E-state index in [0.29, 0.717) is 25.3 Å². The number of likely N-dealkylation sites (tertiary alicyclic amines) is 1. The van der Waals surface area contributed by atoms with E-state index in [-0.39, 0.29) is 11.6 Å². The fourth-order valence-corrected chi connectivity index (χ4v) is 3.15. The molecule has 0 radical (unpaired) electrons. The molecule has 2 aliphatic heterocycles. The predicted molar refractivity (Wildman–Crippen MR) is 94.9 cm³/mol. The second-order valence-electron chi connectivity index (χ2n) is 6.73. The third kappa shape index (κ3) is 4.75. The third-order valence-corrected chi connectivity index (χ3v) is 4.80. The standard InChI is InChI=1S/C18H24N6O/c1-3-4-8-18(22-23-18)9-5-17(25)24-10-6-15(7-11-24)21-16-12-14(2)19-13-20-16/h1,12-13,15H,4-11H2,2H3,(H,19,20,21). The van der Waals surface area contributed by atoms with Gasteiger partial charge in [0.25, 0.3) is 0 Å². The maximum Gasteiger partial charge on any atom is 0.222 e. The third-order valence-electron chi connectivity index (χ3n) is 4.80. The lowest BCUT2D eigenvalue weighted by Gasteiger charge is -2.33. The van der Waals surface area contributed by atoms with E-state index in [4.69, 9.17) is 6.42 Å². The number of nitrogens with one attached hydrogen (secondary N) is 1. The first-order valence-corrected chi connectivity index (χ1v) is 8.81.